The van der Waals surface area contributed by atoms with Gasteiger partial charge in [0.2, 0.25) is 0 Å². The van der Waals surface area contributed by atoms with E-state index < -0.39 is 12.9 Å². The van der Waals surface area contributed by atoms with E-state index in [1.807, 2.05) is 30.6 Å². The highest BCUT2D eigenvalue weighted by atomic mass is 16.5. The number of carbonyl (C=O) groups excluding carboxylic acids is 1. The summed E-state index contributed by atoms with van der Waals surface area (Å²) >= 11 is 0. The van der Waals surface area contributed by atoms with Gasteiger partial charge >= 0.3 is 0 Å². The summed E-state index contributed by atoms with van der Waals surface area (Å²) in [6, 6.07) is 6.96. The fourth-order valence-electron chi connectivity index (χ4n) is 3.57. The number of carbonyl (C=O) groups is 1. The summed E-state index contributed by atoms with van der Waals surface area (Å²) in [6.45, 7) is 2.81. The van der Waals surface area contributed by atoms with Gasteiger partial charge in [0.05, 0.1) is 17.2 Å². The molecule has 0 radical (unpaired) electrons. The Hall–Kier alpha value is -3.26. The fraction of sp³-hybridized carbons (Fsp3) is 0.364. The number of hydrogen-bond donors (Lipinski definition) is 2. The Labute approximate surface area is 178 Å². The molecular weight excluding hydrogens is 382 g/mol. The third kappa shape index (κ3) is 3.91. The van der Waals surface area contributed by atoms with Gasteiger partial charge in [0.25, 0.3) is 11.5 Å². The average molecular weight is 410 g/mol. The number of aromatic amines is 1. The van der Waals surface area contributed by atoms with Crippen molar-refractivity contribution in [2.75, 3.05) is 13.5 Å². The van der Waals surface area contributed by atoms with Crippen LogP contribution in [0.25, 0.3) is 11.0 Å². The van der Waals surface area contributed by atoms with Gasteiger partial charge in [0.1, 0.15) is 17.5 Å². The predicted octanol–water partition coefficient (Wildman–Crippen LogP) is 1.89. The maximum absolute atomic E-state index is 12.1. The molecule has 2 atom stereocenters. The molecule has 0 bridgehead atoms. The summed E-state index contributed by atoms with van der Waals surface area (Å²) in [5.41, 5.74) is 3.15. The summed E-state index contributed by atoms with van der Waals surface area (Å²) in [7, 11) is 0. The highest BCUT2D eigenvalue weighted by molar-refractivity contribution is 5.92. The highest BCUT2D eigenvalue weighted by Gasteiger charge is 2.37. The zero-order chi connectivity index (χ0) is 23.8. The van der Waals surface area contributed by atoms with Crippen LogP contribution in [0.2, 0.25) is 0 Å². The Kier molecular flexibility index (Phi) is 4.54. The summed E-state index contributed by atoms with van der Waals surface area (Å²) in [6.07, 6.45) is 3.86. The second-order valence-corrected chi connectivity index (χ2v) is 7.41. The summed E-state index contributed by atoms with van der Waals surface area (Å²) in [5.74, 6) is -0.255. The molecule has 8 nitrogen and oxygen atoms in total. The van der Waals surface area contributed by atoms with Crippen molar-refractivity contribution < 1.29 is 13.6 Å². The van der Waals surface area contributed by atoms with Gasteiger partial charge in [-0.3, -0.25) is 19.5 Å². The van der Waals surface area contributed by atoms with Crippen molar-refractivity contribution in [2.24, 2.45) is 0 Å². The monoisotopic (exact) mass is 410 g/mol. The number of aryl methyl sites for hydroxylation is 1. The van der Waals surface area contributed by atoms with Crippen LogP contribution in [-0.4, -0.2) is 51.4 Å². The van der Waals surface area contributed by atoms with Crippen molar-refractivity contribution in [1.82, 2.24) is 25.2 Å². The molecule has 2 N–H and O–H groups in total. The molecule has 4 rings (SSSR count). The number of rotatable bonds is 6. The fourth-order valence-corrected chi connectivity index (χ4v) is 3.57. The molecule has 156 valence electrons. The van der Waals surface area contributed by atoms with E-state index >= 15 is 0 Å². The zero-order valence-corrected chi connectivity index (χ0v) is 16.8. The number of pyridine rings is 3. The number of ether oxygens (including phenoxy) is 1. The van der Waals surface area contributed by atoms with Gasteiger partial charge in [-0.2, -0.15) is 0 Å². The lowest BCUT2D eigenvalue weighted by Crippen LogP contribution is -2.60. The lowest BCUT2D eigenvalue weighted by molar-refractivity contribution is -0.0415. The van der Waals surface area contributed by atoms with Crippen molar-refractivity contribution in [3.05, 3.63) is 63.8 Å². The quantitative estimate of drug-likeness (QED) is 0.644. The van der Waals surface area contributed by atoms with E-state index in [0.29, 0.717) is 25.3 Å². The van der Waals surface area contributed by atoms with Crippen LogP contribution in [0.1, 0.15) is 39.6 Å². The van der Waals surface area contributed by atoms with Crippen molar-refractivity contribution in [3.8, 4) is 5.75 Å². The molecule has 1 saturated heterocycles. The first-order valence-electron chi connectivity index (χ1n) is 11.3. The van der Waals surface area contributed by atoms with Crippen molar-refractivity contribution in [2.45, 2.75) is 39.0 Å². The van der Waals surface area contributed by atoms with Crippen molar-refractivity contribution in [1.29, 1.82) is 0 Å². The first kappa shape index (κ1) is 16.5. The SMILES string of the molecule is [2H]C([2H])([2H])NC(=O)c1ccc(O[C@H]2CN(Cc3cnc4cc(CC)c(=O)[nH]c4c3)[C@@H]2C)cn1. The van der Waals surface area contributed by atoms with Gasteiger partial charge in [0.15, 0.2) is 0 Å². The second kappa shape index (κ2) is 8.23. The van der Waals surface area contributed by atoms with Gasteiger partial charge < -0.3 is 15.0 Å². The number of amides is 1. The van der Waals surface area contributed by atoms with Gasteiger partial charge in [-0.1, -0.05) is 6.92 Å². The van der Waals surface area contributed by atoms with Crippen LogP contribution in [0, 0.1) is 0 Å². The van der Waals surface area contributed by atoms with E-state index in [-0.39, 0.29) is 23.4 Å². The molecular formula is C22H25N5O3. The number of hydrogen-bond acceptors (Lipinski definition) is 6. The van der Waals surface area contributed by atoms with Crippen molar-refractivity contribution >= 4 is 16.9 Å². The van der Waals surface area contributed by atoms with E-state index in [9.17, 15) is 9.59 Å². The topological polar surface area (TPSA) is 100 Å². The minimum atomic E-state index is -2.56. The summed E-state index contributed by atoms with van der Waals surface area (Å²) in [5, 5.41) is 1.90. The molecule has 3 aromatic rings. The maximum Gasteiger partial charge on any atom is 0.269 e. The lowest BCUT2D eigenvalue weighted by atomic mass is 10.00. The lowest BCUT2D eigenvalue weighted by Gasteiger charge is -2.45. The molecule has 1 aliphatic rings. The summed E-state index contributed by atoms with van der Waals surface area (Å²) < 4.78 is 27.2. The predicted molar refractivity (Wildman–Crippen MR) is 114 cm³/mol. The average Bonchev–Trinajstić information content (AvgIpc) is 2.76. The van der Waals surface area contributed by atoms with Gasteiger partial charge in [0, 0.05) is 42.0 Å². The molecule has 0 saturated carbocycles. The molecule has 0 aromatic carbocycles. The smallest absolute Gasteiger partial charge is 0.269 e. The number of fused-ring (bicyclic) bond motifs is 1. The van der Waals surface area contributed by atoms with Crippen LogP contribution in [0.5, 0.6) is 5.75 Å². The van der Waals surface area contributed by atoms with Crippen LogP contribution >= 0.6 is 0 Å². The number of H-pyrrole nitrogens is 1. The van der Waals surface area contributed by atoms with Gasteiger partial charge in [-0.25, -0.2) is 4.98 Å². The van der Waals surface area contributed by atoms with Crippen LogP contribution in [0.4, 0.5) is 0 Å². The molecule has 0 aliphatic carbocycles. The normalized spacial score (nSPS) is 20.7. The molecule has 8 heteroatoms. The Morgan fingerprint density at radius 3 is 2.93 bits per heavy atom. The molecule has 0 spiro atoms. The van der Waals surface area contributed by atoms with E-state index in [2.05, 4.69) is 26.8 Å². The molecule has 1 fully saturated rings. The zero-order valence-electron chi connectivity index (χ0n) is 19.8. The van der Waals surface area contributed by atoms with Gasteiger partial charge in [-0.05, 0) is 43.2 Å². The first-order valence-corrected chi connectivity index (χ1v) is 9.83. The highest BCUT2D eigenvalue weighted by Crippen LogP contribution is 2.26. The minimum Gasteiger partial charge on any atom is -0.486 e. The molecule has 30 heavy (non-hydrogen) atoms. The van der Waals surface area contributed by atoms with E-state index in [0.717, 1.165) is 22.2 Å². The molecule has 1 amide bonds. The van der Waals surface area contributed by atoms with Crippen LogP contribution in [0.15, 0.2) is 41.5 Å². The molecule has 0 unspecified atom stereocenters. The number of nitrogens with zero attached hydrogens (tertiary/aromatic N) is 3. The largest absolute Gasteiger partial charge is 0.486 e. The third-order valence-electron chi connectivity index (χ3n) is 5.49. The van der Waals surface area contributed by atoms with E-state index in [1.54, 1.807) is 6.07 Å². The Bertz CT molecular complexity index is 1230. The van der Waals surface area contributed by atoms with Crippen molar-refractivity contribution in [3.63, 3.8) is 0 Å². The molecule has 3 aromatic heterocycles. The Morgan fingerprint density at radius 1 is 1.37 bits per heavy atom. The second-order valence-electron chi connectivity index (χ2n) is 7.41. The van der Waals surface area contributed by atoms with Crippen LogP contribution < -0.4 is 15.6 Å². The van der Waals surface area contributed by atoms with E-state index in [4.69, 9.17) is 8.85 Å². The van der Waals surface area contributed by atoms with E-state index in [1.165, 1.54) is 12.3 Å². The number of nitrogens with one attached hydrogen (secondary N) is 2. The number of likely N-dealkylation sites (tertiary alicyclic amines) is 1. The Morgan fingerprint density at radius 2 is 2.23 bits per heavy atom. The summed E-state index contributed by atoms with van der Waals surface area (Å²) in [4.78, 5) is 37.6. The van der Waals surface area contributed by atoms with Gasteiger partial charge in [-0.15, -0.1) is 0 Å². The van der Waals surface area contributed by atoms with Crippen LogP contribution in [-0.2, 0) is 13.0 Å². The van der Waals surface area contributed by atoms with Crippen LogP contribution in [0.3, 0.4) is 0 Å². The molecule has 4 heterocycles. The molecule has 1 aliphatic heterocycles. The minimum absolute atomic E-state index is 0.00895. The maximum atomic E-state index is 12.1. The Balaban J connectivity index is 1.34. The third-order valence-corrected chi connectivity index (χ3v) is 5.49. The standard InChI is InChI=1S/C22H25N5O3/c1-4-15-8-18-19(26-21(15)28)7-14(9-24-18)11-27-12-20(13(27)2)30-16-5-6-17(25-10-16)22(29)23-3/h5-10,13,20H,4,11-12H2,1-3H3,(H,23,29)(H,26,28)/t13-,20+/m1/s1/i3D3. The number of aromatic nitrogens is 3. The first-order chi connectivity index (χ1) is 15.6.